The van der Waals surface area contributed by atoms with Gasteiger partial charge in [-0.05, 0) is 45.0 Å². The second kappa shape index (κ2) is 6.16. The molecule has 0 amide bonds. The molecular weight excluding hydrogens is 226 g/mol. The number of pyridine rings is 1. The summed E-state index contributed by atoms with van der Waals surface area (Å²) in [6.07, 6.45) is 2.57. The Morgan fingerprint density at radius 3 is 3.11 bits per heavy atom. The molecule has 4 heteroatoms. The van der Waals surface area contributed by atoms with E-state index in [0.717, 1.165) is 24.5 Å². The van der Waals surface area contributed by atoms with E-state index in [9.17, 15) is 5.11 Å². The molecule has 0 aliphatic carbocycles. The average molecular weight is 249 g/mol. The number of aryl methyl sites for hydroxylation is 1. The van der Waals surface area contributed by atoms with Gasteiger partial charge in [-0.2, -0.15) is 0 Å². The maximum absolute atomic E-state index is 9.71. The molecule has 0 bridgehead atoms. The van der Waals surface area contributed by atoms with Gasteiger partial charge >= 0.3 is 0 Å². The van der Waals surface area contributed by atoms with Crippen LogP contribution in [0.15, 0.2) is 12.1 Å². The predicted octanol–water partition coefficient (Wildman–Crippen LogP) is 1.67. The van der Waals surface area contributed by atoms with Crippen molar-refractivity contribution in [2.45, 2.75) is 39.3 Å². The molecule has 4 nitrogen and oxygen atoms in total. The normalized spacial score (nSPS) is 20.4. The van der Waals surface area contributed by atoms with Gasteiger partial charge < -0.3 is 10.4 Å². The van der Waals surface area contributed by atoms with Crippen LogP contribution >= 0.6 is 0 Å². The summed E-state index contributed by atoms with van der Waals surface area (Å²) < 4.78 is 0. The Morgan fingerprint density at radius 1 is 1.50 bits per heavy atom. The predicted molar refractivity (Wildman–Crippen MR) is 72.6 cm³/mol. The minimum absolute atomic E-state index is 0.284. The van der Waals surface area contributed by atoms with E-state index < -0.39 is 0 Å². The molecule has 1 aliphatic rings. The molecule has 1 fully saturated rings. The molecule has 0 spiro atoms. The summed E-state index contributed by atoms with van der Waals surface area (Å²) >= 11 is 0. The molecule has 0 aromatic carbocycles. The lowest BCUT2D eigenvalue weighted by Gasteiger charge is -2.22. The van der Waals surface area contributed by atoms with Crippen LogP contribution in [0.1, 0.15) is 31.2 Å². The van der Waals surface area contributed by atoms with Crippen molar-refractivity contribution >= 4 is 0 Å². The maximum atomic E-state index is 9.71. The van der Waals surface area contributed by atoms with Gasteiger partial charge in [0.2, 0.25) is 0 Å². The first-order valence-electron chi connectivity index (χ1n) is 6.81. The van der Waals surface area contributed by atoms with Crippen LogP contribution in [0.3, 0.4) is 0 Å². The summed E-state index contributed by atoms with van der Waals surface area (Å²) in [5.74, 6) is 0.284. The van der Waals surface area contributed by atoms with Gasteiger partial charge in [-0.1, -0.05) is 6.92 Å². The number of aromatic hydroxyl groups is 1. The number of aromatic nitrogens is 1. The highest BCUT2D eigenvalue weighted by Crippen LogP contribution is 2.17. The van der Waals surface area contributed by atoms with Gasteiger partial charge in [0.25, 0.3) is 0 Å². The molecule has 1 saturated heterocycles. The van der Waals surface area contributed by atoms with Gasteiger partial charge in [0.05, 0.1) is 5.69 Å². The SMILES string of the molecule is CCN1CCCC1CNCc1nc(C)ccc1O. The van der Waals surface area contributed by atoms with Gasteiger partial charge in [-0.15, -0.1) is 0 Å². The van der Waals surface area contributed by atoms with Crippen molar-refractivity contribution in [3.63, 3.8) is 0 Å². The fourth-order valence-corrected chi connectivity index (χ4v) is 2.63. The molecule has 100 valence electrons. The fourth-order valence-electron chi connectivity index (χ4n) is 2.63. The van der Waals surface area contributed by atoms with E-state index in [2.05, 4.69) is 22.1 Å². The lowest BCUT2D eigenvalue weighted by Crippen LogP contribution is -2.37. The topological polar surface area (TPSA) is 48.4 Å². The molecule has 2 heterocycles. The van der Waals surface area contributed by atoms with Gasteiger partial charge in [0.15, 0.2) is 0 Å². The second-order valence-electron chi connectivity index (χ2n) is 4.97. The number of nitrogens with one attached hydrogen (secondary N) is 1. The molecule has 1 aromatic heterocycles. The number of hydrogen-bond donors (Lipinski definition) is 2. The van der Waals surface area contributed by atoms with Gasteiger partial charge in [-0.3, -0.25) is 9.88 Å². The third-order valence-corrected chi connectivity index (χ3v) is 3.67. The standard InChI is InChI=1S/C14H23N3O/c1-3-17-8-4-5-12(17)9-15-10-13-14(18)7-6-11(2)16-13/h6-7,12,15,18H,3-5,8-10H2,1-2H3. The molecule has 18 heavy (non-hydrogen) atoms. The Hall–Kier alpha value is -1.13. The highest BCUT2D eigenvalue weighted by molar-refractivity contribution is 5.27. The average Bonchev–Trinajstić information content (AvgIpc) is 2.81. The van der Waals surface area contributed by atoms with E-state index in [1.54, 1.807) is 6.07 Å². The molecule has 0 radical (unpaired) electrons. The monoisotopic (exact) mass is 249 g/mol. The Balaban J connectivity index is 1.83. The highest BCUT2D eigenvalue weighted by atomic mass is 16.3. The zero-order valence-corrected chi connectivity index (χ0v) is 11.3. The quantitative estimate of drug-likeness (QED) is 0.833. The van der Waals surface area contributed by atoms with Gasteiger partial charge in [-0.25, -0.2) is 0 Å². The third-order valence-electron chi connectivity index (χ3n) is 3.67. The van der Waals surface area contributed by atoms with Crippen LogP contribution in [0, 0.1) is 6.92 Å². The van der Waals surface area contributed by atoms with Crippen molar-refractivity contribution in [1.82, 2.24) is 15.2 Å². The van der Waals surface area contributed by atoms with Crippen LogP contribution in [-0.2, 0) is 6.54 Å². The third kappa shape index (κ3) is 3.21. The fraction of sp³-hybridized carbons (Fsp3) is 0.643. The number of rotatable bonds is 5. The first kappa shape index (κ1) is 13.3. The van der Waals surface area contributed by atoms with E-state index in [1.807, 2.05) is 13.0 Å². The van der Waals surface area contributed by atoms with E-state index in [-0.39, 0.29) is 5.75 Å². The van der Waals surface area contributed by atoms with Crippen LogP contribution in [0.5, 0.6) is 5.75 Å². The van der Waals surface area contributed by atoms with E-state index in [0.29, 0.717) is 12.6 Å². The first-order chi connectivity index (χ1) is 8.70. The van der Waals surface area contributed by atoms with E-state index in [4.69, 9.17) is 0 Å². The van der Waals surface area contributed by atoms with Crippen LogP contribution in [0.4, 0.5) is 0 Å². The number of hydrogen-bond acceptors (Lipinski definition) is 4. The summed E-state index contributed by atoms with van der Waals surface area (Å²) in [5.41, 5.74) is 1.69. The van der Waals surface area contributed by atoms with Crippen molar-refractivity contribution in [1.29, 1.82) is 0 Å². The summed E-state index contributed by atoms with van der Waals surface area (Å²) in [6.45, 7) is 8.12. The Kier molecular flexibility index (Phi) is 4.55. The minimum atomic E-state index is 0.284. The number of nitrogens with zero attached hydrogens (tertiary/aromatic N) is 2. The Morgan fingerprint density at radius 2 is 2.33 bits per heavy atom. The van der Waals surface area contributed by atoms with Crippen LogP contribution in [0.2, 0.25) is 0 Å². The number of likely N-dealkylation sites (tertiary alicyclic amines) is 1. The molecule has 1 aromatic rings. The summed E-state index contributed by atoms with van der Waals surface area (Å²) in [4.78, 5) is 6.86. The van der Waals surface area contributed by atoms with Crippen LogP contribution in [-0.4, -0.2) is 40.7 Å². The minimum Gasteiger partial charge on any atom is -0.506 e. The van der Waals surface area contributed by atoms with E-state index >= 15 is 0 Å². The van der Waals surface area contributed by atoms with Crippen molar-refractivity contribution < 1.29 is 5.11 Å². The zero-order valence-electron chi connectivity index (χ0n) is 11.3. The molecular formula is C14H23N3O. The Labute approximate surface area is 109 Å². The molecule has 2 N–H and O–H groups in total. The van der Waals surface area contributed by atoms with Crippen LogP contribution < -0.4 is 5.32 Å². The van der Waals surface area contributed by atoms with Gasteiger partial charge in [0.1, 0.15) is 5.75 Å². The first-order valence-corrected chi connectivity index (χ1v) is 6.81. The summed E-state index contributed by atoms with van der Waals surface area (Å²) in [7, 11) is 0. The van der Waals surface area contributed by atoms with E-state index in [1.165, 1.54) is 19.4 Å². The van der Waals surface area contributed by atoms with Crippen molar-refractivity contribution in [2.75, 3.05) is 19.6 Å². The lowest BCUT2D eigenvalue weighted by molar-refractivity contribution is 0.259. The summed E-state index contributed by atoms with van der Waals surface area (Å²) in [6, 6.07) is 4.18. The van der Waals surface area contributed by atoms with Crippen molar-refractivity contribution in [2.24, 2.45) is 0 Å². The van der Waals surface area contributed by atoms with Crippen LogP contribution in [0.25, 0.3) is 0 Å². The smallest absolute Gasteiger partial charge is 0.138 e. The van der Waals surface area contributed by atoms with Crippen molar-refractivity contribution in [3.8, 4) is 5.75 Å². The molecule has 1 atom stereocenters. The molecule has 2 rings (SSSR count). The van der Waals surface area contributed by atoms with Crippen molar-refractivity contribution in [3.05, 3.63) is 23.5 Å². The maximum Gasteiger partial charge on any atom is 0.138 e. The molecule has 1 unspecified atom stereocenters. The molecule has 0 saturated carbocycles. The largest absolute Gasteiger partial charge is 0.506 e. The zero-order chi connectivity index (χ0) is 13.0. The lowest BCUT2D eigenvalue weighted by atomic mass is 10.2. The van der Waals surface area contributed by atoms with Gasteiger partial charge in [0, 0.05) is 24.8 Å². The number of likely N-dealkylation sites (N-methyl/N-ethyl adjacent to an activating group) is 1. The second-order valence-corrected chi connectivity index (χ2v) is 4.97. The summed E-state index contributed by atoms with van der Waals surface area (Å²) in [5, 5.41) is 13.1. The molecule has 1 aliphatic heterocycles. The highest BCUT2D eigenvalue weighted by Gasteiger charge is 2.22. The Bertz CT molecular complexity index is 395.